The molecule has 16 heavy (non-hydrogen) atoms. The molecule has 4 heteroatoms. The fourth-order valence-electron chi connectivity index (χ4n) is 1.16. The van der Waals surface area contributed by atoms with E-state index in [0.717, 1.165) is 5.56 Å². The first-order valence-corrected chi connectivity index (χ1v) is 5.01. The molecule has 3 nitrogen and oxygen atoms in total. The fourth-order valence-corrected chi connectivity index (χ4v) is 1.16. The summed E-state index contributed by atoms with van der Waals surface area (Å²) in [5.41, 5.74) is 1.33. The van der Waals surface area contributed by atoms with Crippen LogP contribution >= 0.6 is 0 Å². The molecule has 0 radical (unpaired) electrons. The van der Waals surface area contributed by atoms with E-state index in [9.17, 15) is 9.18 Å². The van der Waals surface area contributed by atoms with Gasteiger partial charge in [0.1, 0.15) is 5.82 Å². The number of rotatable bonds is 4. The molecule has 0 unspecified atom stereocenters. The van der Waals surface area contributed by atoms with Crippen molar-refractivity contribution in [1.29, 1.82) is 0 Å². The van der Waals surface area contributed by atoms with Crippen LogP contribution in [0.3, 0.4) is 0 Å². The van der Waals surface area contributed by atoms with Gasteiger partial charge in [-0.15, -0.1) is 6.58 Å². The van der Waals surface area contributed by atoms with Crippen molar-refractivity contribution in [1.82, 2.24) is 10.6 Å². The van der Waals surface area contributed by atoms with Gasteiger partial charge in [-0.3, -0.25) is 0 Å². The average Bonchev–Trinajstić information content (AvgIpc) is 2.28. The Morgan fingerprint density at radius 2 is 2.25 bits per heavy atom. The van der Waals surface area contributed by atoms with Gasteiger partial charge in [0, 0.05) is 13.1 Å². The predicted octanol–water partition coefficient (Wildman–Crippen LogP) is 2.12. The maximum Gasteiger partial charge on any atom is 0.315 e. The average molecular weight is 222 g/mol. The van der Waals surface area contributed by atoms with Crippen LogP contribution in [0.4, 0.5) is 9.18 Å². The monoisotopic (exact) mass is 222 g/mol. The van der Waals surface area contributed by atoms with Gasteiger partial charge in [0.15, 0.2) is 0 Å². The third-order valence-electron chi connectivity index (χ3n) is 2.10. The van der Waals surface area contributed by atoms with Crippen molar-refractivity contribution in [2.24, 2.45) is 0 Å². The van der Waals surface area contributed by atoms with Gasteiger partial charge >= 0.3 is 6.03 Å². The molecule has 86 valence electrons. The predicted molar refractivity (Wildman–Crippen MR) is 61.6 cm³/mol. The van der Waals surface area contributed by atoms with Crippen molar-refractivity contribution < 1.29 is 9.18 Å². The summed E-state index contributed by atoms with van der Waals surface area (Å²) in [6.07, 6.45) is 1.59. The minimum Gasteiger partial charge on any atom is -0.335 e. The lowest BCUT2D eigenvalue weighted by atomic mass is 10.1. The van der Waals surface area contributed by atoms with Crippen molar-refractivity contribution in [2.45, 2.75) is 13.5 Å². The Morgan fingerprint density at radius 3 is 2.88 bits per heavy atom. The van der Waals surface area contributed by atoms with Gasteiger partial charge < -0.3 is 10.6 Å². The molecular formula is C12H15FN2O. The number of halogens is 1. The fraction of sp³-hybridized carbons (Fsp3) is 0.250. The van der Waals surface area contributed by atoms with Crippen LogP contribution in [0.2, 0.25) is 0 Å². The van der Waals surface area contributed by atoms with E-state index in [2.05, 4.69) is 17.2 Å². The van der Waals surface area contributed by atoms with Crippen LogP contribution in [0.5, 0.6) is 0 Å². The summed E-state index contributed by atoms with van der Waals surface area (Å²) >= 11 is 0. The Hall–Kier alpha value is -1.84. The van der Waals surface area contributed by atoms with Crippen LogP contribution in [0, 0.1) is 12.7 Å². The quantitative estimate of drug-likeness (QED) is 0.753. The Morgan fingerprint density at radius 1 is 1.50 bits per heavy atom. The Bertz CT molecular complexity index is 391. The van der Waals surface area contributed by atoms with Crippen LogP contribution in [0.1, 0.15) is 11.1 Å². The molecule has 0 atom stereocenters. The molecule has 1 rings (SSSR count). The van der Waals surface area contributed by atoms with E-state index < -0.39 is 0 Å². The summed E-state index contributed by atoms with van der Waals surface area (Å²) < 4.78 is 13.2. The highest BCUT2D eigenvalue weighted by molar-refractivity contribution is 5.73. The number of hydrogen-bond acceptors (Lipinski definition) is 1. The second-order valence-electron chi connectivity index (χ2n) is 3.44. The van der Waals surface area contributed by atoms with Gasteiger partial charge in [-0.05, 0) is 24.1 Å². The highest BCUT2D eigenvalue weighted by Crippen LogP contribution is 2.08. The van der Waals surface area contributed by atoms with E-state index in [1.54, 1.807) is 25.1 Å². The van der Waals surface area contributed by atoms with Crippen molar-refractivity contribution >= 4 is 6.03 Å². The van der Waals surface area contributed by atoms with E-state index in [4.69, 9.17) is 0 Å². The first-order chi connectivity index (χ1) is 7.63. The maximum absolute atomic E-state index is 13.2. The van der Waals surface area contributed by atoms with Gasteiger partial charge in [-0.2, -0.15) is 0 Å². The zero-order chi connectivity index (χ0) is 12.0. The molecule has 0 heterocycles. The first-order valence-electron chi connectivity index (χ1n) is 5.01. The van der Waals surface area contributed by atoms with Crippen molar-refractivity contribution in [2.75, 3.05) is 6.54 Å². The molecule has 0 bridgehead atoms. The summed E-state index contributed by atoms with van der Waals surface area (Å²) in [6, 6.07) is 4.60. The number of aryl methyl sites for hydroxylation is 1. The number of carbonyl (C=O) groups excluding carboxylic acids is 1. The van der Waals surface area contributed by atoms with E-state index in [0.29, 0.717) is 18.7 Å². The topological polar surface area (TPSA) is 41.1 Å². The van der Waals surface area contributed by atoms with Crippen molar-refractivity contribution in [3.8, 4) is 0 Å². The summed E-state index contributed by atoms with van der Waals surface area (Å²) in [5.74, 6) is -0.259. The summed E-state index contributed by atoms with van der Waals surface area (Å²) in [7, 11) is 0. The van der Waals surface area contributed by atoms with Gasteiger partial charge in [-0.25, -0.2) is 9.18 Å². The van der Waals surface area contributed by atoms with Crippen LogP contribution in [0.25, 0.3) is 0 Å². The van der Waals surface area contributed by atoms with Gasteiger partial charge in [0.2, 0.25) is 0 Å². The molecular weight excluding hydrogens is 207 g/mol. The molecule has 0 saturated carbocycles. The van der Waals surface area contributed by atoms with Crippen LogP contribution in [-0.2, 0) is 6.54 Å². The normalized spacial score (nSPS) is 9.62. The molecule has 0 fully saturated rings. The lowest BCUT2D eigenvalue weighted by Crippen LogP contribution is -2.34. The Balaban J connectivity index is 2.45. The second-order valence-corrected chi connectivity index (χ2v) is 3.44. The standard InChI is InChI=1S/C12H15FN2O/c1-3-6-14-12(16)15-8-10-5-4-9(2)11(13)7-10/h3-5,7H,1,6,8H2,2H3,(H2,14,15,16). The molecule has 0 aliphatic heterocycles. The zero-order valence-corrected chi connectivity index (χ0v) is 9.22. The number of nitrogens with one attached hydrogen (secondary N) is 2. The minimum atomic E-state index is -0.291. The molecule has 1 aromatic carbocycles. The number of benzene rings is 1. The summed E-state index contributed by atoms with van der Waals surface area (Å²) in [4.78, 5) is 11.2. The lowest BCUT2D eigenvalue weighted by molar-refractivity contribution is 0.241. The molecule has 2 N–H and O–H groups in total. The highest BCUT2D eigenvalue weighted by Gasteiger charge is 2.01. The van der Waals surface area contributed by atoms with Crippen molar-refractivity contribution in [3.05, 3.63) is 47.8 Å². The number of amides is 2. The van der Waals surface area contributed by atoms with Crippen LogP contribution in [-0.4, -0.2) is 12.6 Å². The van der Waals surface area contributed by atoms with E-state index >= 15 is 0 Å². The number of hydrogen-bond donors (Lipinski definition) is 2. The molecule has 0 aromatic heterocycles. The Labute approximate surface area is 94.4 Å². The van der Waals surface area contributed by atoms with Crippen molar-refractivity contribution in [3.63, 3.8) is 0 Å². The van der Waals surface area contributed by atoms with E-state index in [1.807, 2.05) is 0 Å². The lowest BCUT2D eigenvalue weighted by Gasteiger charge is -2.06. The number of urea groups is 1. The third kappa shape index (κ3) is 3.73. The van der Waals surface area contributed by atoms with Gasteiger partial charge in [0.25, 0.3) is 0 Å². The van der Waals surface area contributed by atoms with E-state index in [-0.39, 0.29) is 11.8 Å². The molecule has 0 saturated heterocycles. The number of carbonyl (C=O) groups is 1. The van der Waals surface area contributed by atoms with Gasteiger partial charge in [0.05, 0.1) is 0 Å². The third-order valence-corrected chi connectivity index (χ3v) is 2.10. The van der Waals surface area contributed by atoms with Crippen LogP contribution < -0.4 is 10.6 Å². The molecule has 1 aromatic rings. The molecule has 0 spiro atoms. The first kappa shape index (κ1) is 12.2. The smallest absolute Gasteiger partial charge is 0.315 e. The second kappa shape index (κ2) is 5.90. The Kier molecular flexibility index (Phi) is 4.51. The molecule has 2 amide bonds. The SMILES string of the molecule is C=CCNC(=O)NCc1ccc(C)c(F)c1. The minimum absolute atomic E-state index is 0.259. The highest BCUT2D eigenvalue weighted by atomic mass is 19.1. The largest absolute Gasteiger partial charge is 0.335 e. The molecule has 0 aliphatic carbocycles. The summed E-state index contributed by atoms with van der Waals surface area (Å²) in [5, 5.41) is 5.18. The van der Waals surface area contributed by atoms with E-state index in [1.165, 1.54) is 6.07 Å². The molecule has 0 aliphatic rings. The van der Waals surface area contributed by atoms with Gasteiger partial charge in [-0.1, -0.05) is 18.2 Å². The summed E-state index contributed by atoms with van der Waals surface area (Å²) in [6.45, 7) is 5.89. The van der Waals surface area contributed by atoms with Crippen LogP contribution in [0.15, 0.2) is 30.9 Å². The zero-order valence-electron chi connectivity index (χ0n) is 9.22. The maximum atomic E-state index is 13.2.